The van der Waals surface area contributed by atoms with E-state index in [-0.39, 0.29) is 24.6 Å². The van der Waals surface area contributed by atoms with Crippen molar-refractivity contribution in [3.8, 4) is 17.2 Å². The van der Waals surface area contributed by atoms with Gasteiger partial charge in [-0.2, -0.15) is 0 Å². The fourth-order valence-electron chi connectivity index (χ4n) is 8.38. The number of methoxy groups -OCH3 is 2. The summed E-state index contributed by atoms with van der Waals surface area (Å²) in [5.41, 5.74) is 2.21. The molecule has 4 N–H and O–H groups in total. The Hall–Kier alpha value is -6.93. The Kier molecular flexibility index (Phi) is 13.7. The molecule has 1 fully saturated rings. The number of benzene rings is 5. The van der Waals surface area contributed by atoms with Gasteiger partial charge in [-0.05, 0) is 78.1 Å². The minimum absolute atomic E-state index is 0.0285. The monoisotopic (exact) mass is 864 g/mol. The predicted octanol–water partition coefficient (Wildman–Crippen LogP) is 7.61. The maximum atomic E-state index is 13.3. The van der Waals surface area contributed by atoms with Crippen LogP contribution in [-0.2, 0) is 19.9 Å². The molecule has 2 aromatic heterocycles. The number of aromatic amines is 2. The summed E-state index contributed by atoms with van der Waals surface area (Å²) in [5.74, 6) is 1.81. The Morgan fingerprint density at radius 1 is 0.766 bits per heavy atom. The van der Waals surface area contributed by atoms with Crippen LogP contribution < -0.4 is 30.8 Å². The fraction of sp³-hybridized carbons (Fsp3) is 0.275. The molecule has 3 heterocycles. The molecule has 1 aliphatic heterocycles. The topological polar surface area (TPSA) is 166 Å². The number of rotatable bonds is 19. The largest absolute Gasteiger partial charge is 0.497 e. The third kappa shape index (κ3) is 9.66. The molecule has 64 heavy (non-hydrogen) atoms. The molecule has 13 heteroatoms. The zero-order valence-corrected chi connectivity index (χ0v) is 35.8. The third-order valence-electron chi connectivity index (χ3n) is 11.7. The van der Waals surface area contributed by atoms with Gasteiger partial charge in [0.25, 0.3) is 5.56 Å². The Balaban J connectivity index is 0.878. The SMILES string of the molecule is COc1ccc(C(OC[C@H]2O[C@@H](n3c(/C=C/C(=O)NCCCCCCOc4ccc5c(c4)[nH]c4ccccc45)cc(=O)[nH]c3=O)C[C@@H]2O)(c2ccccc2)c2ccc(OC)cc2)cc1. The maximum Gasteiger partial charge on any atom is 0.330 e. The molecule has 1 aliphatic rings. The van der Waals surface area contributed by atoms with Gasteiger partial charge < -0.3 is 39.1 Å². The van der Waals surface area contributed by atoms with Gasteiger partial charge >= 0.3 is 5.69 Å². The zero-order valence-electron chi connectivity index (χ0n) is 35.8. The molecule has 330 valence electrons. The van der Waals surface area contributed by atoms with E-state index in [4.69, 9.17) is 23.7 Å². The Morgan fingerprint density at radius 3 is 2.12 bits per heavy atom. The van der Waals surface area contributed by atoms with Crippen molar-refractivity contribution >= 4 is 33.8 Å². The minimum Gasteiger partial charge on any atom is -0.497 e. The highest BCUT2D eigenvalue weighted by Gasteiger charge is 2.42. The van der Waals surface area contributed by atoms with Crippen LogP contribution in [0.2, 0.25) is 0 Å². The number of hydrogen-bond acceptors (Lipinski definition) is 9. The van der Waals surface area contributed by atoms with Gasteiger partial charge in [0.1, 0.15) is 35.2 Å². The highest BCUT2D eigenvalue weighted by Crippen LogP contribution is 2.43. The molecule has 13 nitrogen and oxygen atoms in total. The van der Waals surface area contributed by atoms with Gasteiger partial charge in [0.2, 0.25) is 5.91 Å². The highest BCUT2D eigenvalue weighted by molar-refractivity contribution is 6.07. The first-order chi connectivity index (χ1) is 31.2. The van der Waals surface area contributed by atoms with Gasteiger partial charge in [0.05, 0.1) is 44.7 Å². The fourth-order valence-corrected chi connectivity index (χ4v) is 8.38. The molecule has 0 radical (unpaired) electrons. The number of hydrogen-bond donors (Lipinski definition) is 4. The van der Waals surface area contributed by atoms with Crippen molar-refractivity contribution in [2.24, 2.45) is 0 Å². The molecule has 3 atom stereocenters. The van der Waals surface area contributed by atoms with Gasteiger partial charge in [-0.25, -0.2) is 4.79 Å². The lowest BCUT2D eigenvalue weighted by Gasteiger charge is -2.37. The van der Waals surface area contributed by atoms with Crippen molar-refractivity contribution in [3.05, 3.63) is 177 Å². The molecule has 0 saturated carbocycles. The van der Waals surface area contributed by atoms with Gasteiger partial charge in [-0.1, -0.05) is 85.6 Å². The third-order valence-corrected chi connectivity index (χ3v) is 11.7. The second kappa shape index (κ2) is 20.1. The van der Waals surface area contributed by atoms with E-state index in [1.165, 1.54) is 33.6 Å². The first-order valence-corrected chi connectivity index (χ1v) is 21.5. The first-order valence-electron chi connectivity index (χ1n) is 21.5. The molecule has 5 aromatic carbocycles. The quantitative estimate of drug-likeness (QED) is 0.0364. The maximum absolute atomic E-state index is 13.3. The number of fused-ring (bicyclic) bond motifs is 3. The van der Waals surface area contributed by atoms with E-state index in [1.807, 2.05) is 103 Å². The van der Waals surface area contributed by atoms with Crippen molar-refractivity contribution in [2.75, 3.05) is 34.0 Å². The zero-order chi connectivity index (χ0) is 44.5. The molecule has 0 unspecified atom stereocenters. The Morgan fingerprint density at radius 2 is 1.41 bits per heavy atom. The molecule has 0 spiro atoms. The Labute approximate surface area is 370 Å². The second-order valence-electron chi connectivity index (χ2n) is 15.7. The summed E-state index contributed by atoms with van der Waals surface area (Å²) in [4.78, 5) is 44.4. The lowest BCUT2D eigenvalue weighted by molar-refractivity contribution is -0.116. The minimum atomic E-state index is -1.17. The van der Waals surface area contributed by atoms with Crippen LogP contribution in [0.25, 0.3) is 27.9 Å². The molecular weight excluding hydrogens is 813 g/mol. The summed E-state index contributed by atoms with van der Waals surface area (Å²) in [6.07, 6.45) is 3.34. The number of aromatic nitrogens is 3. The summed E-state index contributed by atoms with van der Waals surface area (Å²) in [5, 5.41) is 16.6. The van der Waals surface area contributed by atoms with E-state index in [0.29, 0.717) is 24.7 Å². The number of nitrogens with zero attached hydrogens (tertiary/aromatic N) is 1. The van der Waals surface area contributed by atoms with Crippen molar-refractivity contribution in [1.82, 2.24) is 19.9 Å². The van der Waals surface area contributed by atoms with Crippen LogP contribution >= 0.6 is 0 Å². The number of ether oxygens (including phenoxy) is 5. The summed E-state index contributed by atoms with van der Waals surface area (Å²) in [6.45, 7) is 0.974. The Bertz CT molecular complexity index is 2770. The smallest absolute Gasteiger partial charge is 0.330 e. The summed E-state index contributed by atoms with van der Waals surface area (Å²) in [7, 11) is 3.21. The second-order valence-corrected chi connectivity index (χ2v) is 15.7. The first kappa shape index (κ1) is 43.7. The molecule has 7 aromatic rings. The van der Waals surface area contributed by atoms with Crippen LogP contribution in [0.15, 0.2) is 143 Å². The van der Waals surface area contributed by atoms with Crippen molar-refractivity contribution < 1.29 is 33.6 Å². The highest BCUT2D eigenvalue weighted by atomic mass is 16.6. The van der Waals surface area contributed by atoms with Crippen LogP contribution in [-0.4, -0.2) is 71.7 Å². The lowest BCUT2D eigenvalue weighted by Crippen LogP contribution is -2.38. The van der Waals surface area contributed by atoms with E-state index in [0.717, 1.165) is 59.2 Å². The van der Waals surface area contributed by atoms with E-state index in [2.05, 4.69) is 33.5 Å². The molecule has 8 rings (SSSR count). The van der Waals surface area contributed by atoms with Gasteiger partial charge in [-0.3, -0.25) is 19.1 Å². The number of amides is 1. The van der Waals surface area contributed by atoms with E-state index in [9.17, 15) is 19.5 Å². The van der Waals surface area contributed by atoms with Crippen LogP contribution in [0.5, 0.6) is 17.2 Å². The van der Waals surface area contributed by atoms with Gasteiger partial charge in [0.15, 0.2) is 0 Å². The summed E-state index contributed by atoms with van der Waals surface area (Å²) < 4.78 is 31.5. The van der Waals surface area contributed by atoms with Gasteiger partial charge in [0, 0.05) is 47.5 Å². The van der Waals surface area contributed by atoms with Gasteiger partial charge in [-0.15, -0.1) is 0 Å². The van der Waals surface area contributed by atoms with E-state index in [1.54, 1.807) is 14.2 Å². The van der Waals surface area contributed by atoms with Crippen molar-refractivity contribution in [2.45, 2.75) is 56.1 Å². The van der Waals surface area contributed by atoms with Crippen LogP contribution in [0, 0.1) is 0 Å². The molecule has 1 saturated heterocycles. The van der Waals surface area contributed by atoms with Crippen LogP contribution in [0.3, 0.4) is 0 Å². The number of unbranched alkanes of at least 4 members (excludes halogenated alkanes) is 3. The number of nitrogens with one attached hydrogen (secondary N) is 3. The normalized spacial score (nSPS) is 16.4. The molecule has 1 amide bonds. The van der Waals surface area contributed by atoms with Crippen LogP contribution in [0.4, 0.5) is 0 Å². The number of carbonyl (C=O) groups is 1. The summed E-state index contributed by atoms with van der Waals surface area (Å²) in [6, 6.07) is 40.5. The average molecular weight is 865 g/mol. The van der Waals surface area contributed by atoms with E-state index >= 15 is 0 Å². The lowest BCUT2D eigenvalue weighted by atomic mass is 9.80. The number of aliphatic hydroxyl groups is 1. The number of H-pyrrole nitrogens is 2. The van der Waals surface area contributed by atoms with E-state index < -0.39 is 35.3 Å². The molecule has 0 aliphatic carbocycles. The number of aliphatic hydroxyl groups excluding tert-OH is 1. The number of carbonyl (C=O) groups excluding carboxylic acids is 1. The average Bonchev–Trinajstić information content (AvgIpc) is 3.88. The van der Waals surface area contributed by atoms with Crippen molar-refractivity contribution in [1.29, 1.82) is 0 Å². The van der Waals surface area contributed by atoms with Crippen molar-refractivity contribution in [3.63, 3.8) is 0 Å². The standard InChI is InChI=1S/C51H52N4O9/c1-60-38-21-16-35(17-22-38)51(34-12-6-5-7-13-34,36-18-23-39(61-2)24-19-36)63-33-46-45(56)32-49(64-46)55-37(30-48(58)54-50(55)59)20-27-47(57)52-28-10-3-4-11-29-62-40-25-26-42-41-14-8-9-15-43(41)53-44(42)31-40/h5-9,12-27,30-31,45-46,49,53,56H,3-4,10-11,28-29,32-33H2,1-2H3,(H,52,57)(H,54,58,59)/b27-20+/t45-,46+,49+/m0/s1. The number of para-hydroxylation sites is 1. The van der Waals surface area contributed by atoms with Crippen LogP contribution in [0.1, 0.15) is 60.7 Å². The summed E-state index contributed by atoms with van der Waals surface area (Å²) >= 11 is 0. The predicted molar refractivity (Wildman–Crippen MR) is 246 cm³/mol. The molecule has 0 bridgehead atoms. The molecular formula is C51H52N4O9.